The van der Waals surface area contributed by atoms with Crippen molar-refractivity contribution in [3.05, 3.63) is 163 Å². The fourth-order valence-corrected chi connectivity index (χ4v) is 6.27. The first-order valence-electron chi connectivity index (χ1n) is 15.2. The summed E-state index contributed by atoms with van der Waals surface area (Å²) in [5.41, 5.74) is 7.83. The molecule has 0 atom stereocenters. The fraction of sp³-hybridized carbons (Fsp3) is 0. The van der Waals surface area contributed by atoms with Gasteiger partial charge < -0.3 is 0 Å². The molecule has 7 aromatic carbocycles. The molecule has 0 spiro atoms. The Bertz CT molecular complexity index is 2340. The first-order chi connectivity index (χ1) is 22.8. The Morgan fingerprint density at radius 3 is 1.41 bits per heavy atom. The lowest BCUT2D eigenvalue weighted by atomic mass is 9.83. The minimum atomic E-state index is 0.613. The van der Waals surface area contributed by atoms with Crippen LogP contribution < -0.4 is 0 Å². The second kappa shape index (κ2) is 11.6. The summed E-state index contributed by atoms with van der Waals surface area (Å²) >= 11 is 0. The van der Waals surface area contributed by atoms with E-state index in [2.05, 4.69) is 72.8 Å². The molecule has 8 aromatic rings. The Balaban J connectivity index is 1.50. The van der Waals surface area contributed by atoms with E-state index in [-0.39, 0.29) is 0 Å². The second-order valence-corrected chi connectivity index (χ2v) is 11.1. The van der Waals surface area contributed by atoms with Crippen LogP contribution in [0, 0.1) is 11.3 Å². The lowest BCUT2D eigenvalue weighted by Gasteiger charge is -2.20. The minimum Gasteiger partial charge on any atom is -0.208 e. The van der Waals surface area contributed by atoms with Crippen LogP contribution in [0.25, 0.3) is 78.0 Å². The normalized spacial score (nSPS) is 11.0. The van der Waals surface area contributed by atoms with Crippen molar-refractivity contribution in [3.8, 4) is 62.5 Å². The molecular formula is C42H26N4. The van der Waals surface area contributed by atoms with Gasteiger partial charge in [0.05, 0.1) is 11.6 Å². The second-order valence-electron chi connectivity index (χ2n) is 11.1. The van der Waals surface area contributed by atoms with Gasteiger partial charge in [0.25, 0.3) is 0 Å². The van der Waals surface area contributed by atoms with Crippen LogP contribution in [0.3, 0.4) is 0 Å². The van der Waals surface area contributed by atoms with E-state index in [1.165, 1.54) is 0 Å². The van der Waals surface area contributed by atoms with E-state index in [1.807, 2.05) is 91.0 Å². The van der Waals surface area contributed by atoms with Crippen LogP contribution in [-0.4, -0.2) is 15.0 Å². The van der Waals surface area contributed by atoms with E-state index in [0.29, 0.717) is 23.0 Å². The molecule has 1 aromatic heterocycles. The average molecular weight is 587 g/mol. The van der Waals surface area contributed by atoms with E-state index in [1.54, 1.807) is 0 Å². The number of rotatable bonds is 5. The Kier molecular flexibility index (Phi) is 6.83. The van der Waals surface area contributed by atoms with Crippen LogP contribution in [-0.2, 0) is 0 Å². The van der Waals surface area contributed by atoms with Gasteiger partial charge in [-0.25, -0.2) is 15.0 Å². The summed E-state index contributed by atoms with van der Waals surface area (Å²) in [5.74, 6) is 1.86. The topological polar surface area (TPSA) is 62.5 Å². The zero-order chi connectivity index (χ0) is 30.9. The highest BCUT2D eigenvalue weighted by Gasteiger charge is 2.21. The van der Waals surface area contributed by atoms with Gasteiger partial charge in [0.15, 0.2) is 17.5 Å². The summed E-state index contributed by atoms with van der Waals surface area (Å²) < 4.78 is 0. The van der Waals surface area contributed by atoms with Gasteiger partial charge in [0, 0.05) is 22.1 Å². The average Bonchev–Trinajstić information content (AvgIpc) is 3.15. The Morgan fingerprint density at radius 2 is 0.826 bits per heavy atom. The monoisotopic (exact) mass is 586 g/mol. The SMILES string of the molecule is N#Cc1ccc(-c2c(-c3ccccc3)c3ccccc3c3c(-c4nc(-c5ccccc5)nc(-c5ccccc5)n4)cccc23)cc1. The minimum absolute atomic E-state index is 0.613. The molecule has 46 heavy (non-hydrogen) atoms. The number of hydrogen-bond donors (Lipinski definition) is 0. The third-order valence-corrected chi connectivity index (χ3v) is 8.35. The van der Waals surface area contributed by atoms with Crippen molar-refractivity contribution in [2.45, 2.75) is 0 Å². The smallest absolute Gasteiger partial charge is 0.164 e. The molecule has 0 aliphatic carbocycles. The maximum atomic E-state index is 9.55. The summed E-state index contributed by atoms with van der Waals surface area (Å²) in [6, 6.07) is 55.7. The molecule has 0 bridgehead atoms. The number of hydrogen-bond acceptors (Lipinski definition) is 4. The highest BCUT2D eigenvalue weighted by atomic mass is 15.0. The van der Waals surface area contributed by atoms with Gasteiger partial charge >= 0.3 is 0 Å². The highest BCUT2D eigenvalue weighted by molar-refractivity contribution is 6.24. The number of fused-ring (bicyclic) bond motifs is 3. The zero-order valence-electron chi connectivity index (χ0n) is 24.8. The van der Waals surface area contributed by atoms with E-state index in [9.17, 15) is 5.26 Å². The lowest BCUT2D eigenvalue weighted by molar-refractivity contribution is 1.08. The van der Waals surface area contributed by atoms with Gasteiger partial charge in [-0.3, -0.25) is 0 Å². The predicted molar refractivity (Wildman–Crippen MR) is 187 cm³/mol. The molecule has 0 aliphatic heterocycles. The molecule has 0 N–H and O–H groups in total. The molecule has 4 nitrogen and oxygen atoms in total. The van der Waals surface area contributed by atoms with Gasteiger partial charge in [0.2, 0.25) is 0 Å². The number of aromatic nitrogens is 3. The molecule has 214 valence electrons. The first-order valence-corrected chi connectivity index (χ1v) is 15.2. The maximum absolute atomic E-state index is 9.55. The van der Waals surface area contributed by atoms with E-state index >= 15 is 0 Å². The molecule has 4 heteroatoms. The fourth-order valence-electron chi connectivity index (χ4n) is 6.27. The quantitative estimate of drug-likeness (QED) is 0.188. The van der Waals surface area contributed by atoms with Gasteiger partial charge in [0.1, 0.15) is 0 Å². The molecule has 0 aliphatic rings. The highest BCUT2D eigenvalue weighted by Crippen LogP contribution is 2.46. The molecule has 8 rings (SSSR count). The van der Waals surface area contributed by atoms with Gasteiger partial charge in [-0.15, -0.1) is 0 Å². The van der Waals surface area contributed by atoms with Crippen molar-refractivity contribution >= 4 is 21.5 Å². The van der Waals surface area contributed by atoms with E-state index in [4.69, 9.17) is 15.0 Å². The zero-order valence-corrected chi connectivity index (χ0v) is 24.8. The van der Waals surface area contributed by atoms with Crippen molar-refractivity contribution < 1.29 is 0 Å². The van der Waals surface area contributed by atoms with E-state index < -0.39 is 0 Å². The molecule has 1 heterocycles. The molecule has 0 saturated carbocycles. The Hall–Kier alpha value is -6.44. The van der Waals surface area contributed by atoms with Gasteiger partial charge in [-0.05, 0) is 50.5 Å². The number of nitrogens with zero attached hydrogens (tertiary/aromatic N) is 4. The van der Waals surface area contributed by atoms with Crippen molar-refractivity contribution in [3.63, 3.8) is 0 Å². The van der Waals surface area contributed by atoms with Crippen LogP contribution in [0.2, 0.25) is 0 Å². The van der Waals surface area contributed by atoms with Crippen molar-refractivity contribution in [1.82, 2.24) is 15.0 Å². The molecule has 0 amide bonds. The van der Waals surface area contributed by atoms with Gasteiger partial charge in [-0.1, -0.05) is 146 Å². The van der Waals surface area contributed by atoms with Crippen LogP contribution in [0.15, 0.2) is 158 Å². The summed E-state index contributed by atoms with van der Waals surface area (Å²) in [6.45, 7) is 0. The predicted octanol–water partition coefficient (Wildman–Crippen LogP) is 10.4. The lowest BCUT2D eigenvalue weighted by Crippen LogP contribution is -2.01. The summed E-state index contributed by atoms with van der Waals surface area (Å²) in [6.07, 6.45) is 0. The summed E-state index contributed by atoms with van der Waals surface area (Å²) in [7, 11) is 0. The van der Waals surface area contributed by atoms with Crippen molar-refractivity contribution in [1.29, 1.82) is 5.26 Å². The first kappa shape index (κ1) is 27.1. The van der Waals surface area contributed by atoms with Gasteiger partial charge in [-0.2, -0.15) is 5.26 Å². The number of nitriles is 1. The Morgan fingerprint density at radius 1 is 0.370 bits per heavy atom. The third-order valence-electron chi connectivity index (χ3n) is 8.35. The van der Waals surface area contributed by atoms with Crippen LogP contribution >= 0.6 is 0 Å². The van der Waals surface area contributed by atoms with Crippen LogP contribution in [0.1, 0.15) is 5.56 Å². The molecular weight excluding hydrogens is 560 g/mol. The van der Waals surface area contributed by atoms with E-state index in [0.717, 1.165) is 60.5 Å². The van der Waals surface area contributed by atoms with Crippen LogP contribution in [0.4, 0.5) is 0 Å². The van der Waals surface area contributed by atoms with Crippen molar-refractivity contribution in [2.24, 2.45) is 0 Å². The Labute approximate surface area is 266 Å². The maximum Gasteiger partial charge on any atom is 0.164 e. The standard InChI is InChI=1S/C42H26N4/c43-27-28-23-25-30(26-24-28)38-35-21-12-22-36(39(35)34-20-11-10-19-33(34)37(38)29-13-4-1-5-14-29)42-45-40(31-15-6-2-7-16-31)44-41(46-42)32-17-8-3-9-18-32/h1-26H. The third kappa shape index (κ3) is 4.77. The molecule has 0 unspecified atom stereocenters. The summed E-state index contributed by atoms with van der Waals surface area (Å²) in [4.78, 5) is 15.1. The number of benzene rings is 7. The summed E-state index contributed by atoms with van der Waals surface area (Å²) in [5, 5.41) is 14.0. The largest absolute Gasteiger partial charge is 0.208 e. The molecule has 0 fully saturated rings. The van der Waals surface area contributed by atoms with Crippen LogP contribution in [0.5, 0.6) is 0 Å². The molecule has 0 radical (unpaired) electrons. The molecule has 0 saturated heterocycles. The van der Waals surface area contributed by atoms with Crippen molar-refractivity contribution in [2.75, 3.05) is 0 Å².